The molecular formula is C19H17N3O4. The van der Waals surface area contributed by atoms with E-state index in [4.69, 9.17) is 15.2 Å². The number of nitrogens with zero attached hydrogens (tertiary/aromatic N) is 2. The highest BCUT2D eigenvalue weighted by molar-refractivity contribution is 5.92. The van der Waals surface area contributed by atoms with Crippen LogP contribution in [0.25, 0.3) is 5.69 Å². The van der Waals surface area contributed by atoms with Crippen LogP contribution in [-0.2, 0) is 16.1 Å². The molecule has 3 rings (SSSR count). The van der Waals surface area contributed by atoms with Gasteiger partial charge in [0.25, 0.3) is 5.91 Å². The van der Waals surface area contributed by atoms with Crippen molar-refractivity contribution < 1.29 is 19.1 Å². The zero-order chi connectivity index (χ0) is 18.4. The second kappa shape index (κ2) is 7.98. The summed E-state index contributed by atoms with van der Waals surface area (Å²) in [5, 5.41) is 4.15. The smallest absolute Gasteiger partial charge is 0.342 e. The van der Waals surface area contributed by atoms with Crippen LogP contribution in [0.1, 0.15) is 15.9 Å². The molecule has 0 spiro atoms. The van der Waals surface area contributed by atoms with Crippen LogP contribution in [0.3, 0.4) is 0 Å². The summed E-state index contributed by atoms with van der Waals surface area (Å²) >= 11 is 0. The highest BCUT2D eigenvalue weighted by Gasteiger charge is 2.14. The molecule has 0 aliphatic carbocycles. The van der Waals surface area contributed by atoms with Gasteiger partial charge in [0, 0.05) is 12.4 Å². The van der Waals surface area contributed by atoms with Crippen LogP contribution in [0, 0.1) is 0 Å². The number of primary amides is 1. The quantitative estimate of drug-likeness (QED) is 0.658. The summed E-state index contributed by atoms with van der Waals surface area (Å²) in [6, 6.07) is 15.9. The van der Waals surface area contributed by atoms with E-state index in [0.29, 0.717) is 0 Å². The summed E-state index contributed by atoms with van der Waals surface area (Å²) in [4.78, 5) is 23.2. The van der Waals surface area contributed by atoms with Gasteiger partial charge in [0.2, 0.25) is 0 Å². The maximum absolute atomic E-state index is 12.3. The van der Waals surface area contributed by atoms with E-state index in [1.807, 2.05) is 36.5 Å². The minimum atomic E-state index is -0.620. The van der Waals surface area contributed by atoms with Gasteiger partial charge in [-0.25, -0.2) is 9.48 Å². The number of hydrogen-bond acceptors (Lipinski definition) is 5. The number of hydrogen-bond donors (Lipinski definition) is 1. The van der Waals surface area contributed by atoms with Crippen LogP contribution < -0.4 is 10.5 Å². The second-order valence-electron chi connectivity index (χ2n) is 5.44. The molecule has 0 unspecified atom stereocenters. The first kappa shape index (κ1) is 17.2. The summed E-state index contributed by atoms with van der Waals surface area (Å²) < 4.78 is 12.3. The normalized spacial score (nSPS) is 10.3. The molecule has 0 bridgehead atoms. The number of ether oxygens (including phenoxy) is 2. The van der Waals surface area contributed by atoms with Crippen molar-refractivity contribution in [1.82, 2.24) is 9.78 Å². The van der Waals surface area contributed by atoms with Crippen LogP contribution in [-0.4, -0.2) is 28.3 Å². The molecule has 0 aliphatic rings. The first-order valence-electron chi connectivity index (χ1n) is 7.90. The van der Waals surface area contributed by atoms with Gasteiger partial charge in [-0.05, 0) is 35.9 Å². The Labute approximate surface area is 150 Å². The molecule has 1 aromatic heterocycles. The number of para-hydroxylation sites is 1. The fourth-order valence-corrected chi connectivity index (χ4v) is 2.30. The molecule has 2 N–H and O–H groups in total. The summed E-state index contributed by atoms with van der Waals surface area (Å²) in [5.41, 5.74) is 7.05. The van der Waals surface area contributed by atoms with Crippen molar-refractivity contribution in [1.29, 1.82) is 0 Å². The number of carbonyl (C=O) groups excluding carboxylic acids is 2. The van der Waals surface area contributed by atoms with E-state index >= 15 is 0 Å². The van der Waals surface area contributed by atoms with Crippen molar-refractivity contribution in [3.8, 4) is 11.4 Å². The molecule has 1 heterocycles. The van der Waals surface area contributed by atoms with E-state index in [1.54, 1.807) is 35.1 Å². The van der Waals surface area contributed by atoms with Gasteiger partial charge < -0.3 is 15.2 Å². The maximum Gasteiger partial charge on any atom is 0.342 e. The lowest BCUT2D eigenvalue weighted by Crippen LogP contribution is -2.21. The number of aromatic nitrogens is 2. The van der Waals surface area contributed by atoms with Crippen molar-refractivity contribution in [3.05, 3.63) is 78.1 Å². The third-order valence-corrected chi connectivity index (χ3v) is 3.55. The lowest BCUT2D eigenvalue weighted by atomic mass is 10.2. The summed E-state index contributed by atoms with van der Waals surface area (Å²) in [6.07, 6.45) is 3.55. The van der Waals surface area contributed by atoms with Gasteiger partial charge >= 0.3 is 5.97 Å². The van der Waals surface area contributed by atoms with Gasteiger partial charge in [0.05, 0.1) is 5.69 Å². The third-order valence-electron chi connectivity index (χ3n) is 3.55. The predicted molar refractivity (Wildman–Crippen MR) is 93.8 cm³/mol. The Hall–Kier alpha value is -3.61. The average molecular weight is 351 g/mol. The van der Waals surface area contributed by atoms with E-state index in [0.717, 1.165) is 11.3 Å². The molecule has 0 saturated carbocycles. The molecule has 7 nitrogen and oxygen atoms in total. The zero-order valence-electron chi connectivity index (χ0n) is 13.9. The topological polar surface area (TPSA) is 96.4 Å². The predicted octanol–water partition coefficient (Wildman–Crippen LogP) is 2.09. The Morgan fingerprint density at radius 1 is 1.04 bits per heavy atom. The maximum atomic E-state index is 12.3. The van der Waals surface area contributed by atoms with E-state index in [-0.39, 0.29) is 24.5 Å². The van der Waals surface area contributed by atoms with Gasteiger partial charge in [0.1, 0.15) is 17.9 Å². The lowest BCUT2D eigenvalue weighted by molar-refractivity contribution is -0.119. The summed E-state index contributed by atoms with van der Waals surface area (Å²) in [7, 11) is 0. The summed E-state index contributed by atoms with van der Waals surface area (Å²) in [5.74, 6) is -0.906. The zero-order valence-corrected chi connectivity index (χ0v) is 13.9. The number of carbonyl (C=O) groups is 2. The van der Waals surface area contributed by atoms with Crippen LogP contribution in [0.4, 0.5) is 0 Å². The molecule has 7 heteroatoms. The molecule has 0 radical (unpaired) electrons. The summed E-state index contributed by atoms with van der Waals surface area (Å²) in [6.45, 7) is -0.193. The molecule has 1 amide bonds. The monoisotopic (exact) mass is 351 g/mol. The molecule has 0 saturated heterocycles. The van der Waals surface area contributed by atoms with Crippen LogP contribution >= 0.6 is 0 Å². The molecule has 0 aliphatic heterocycles. The van der Waals surface area contributed by atoms with Gasteiger partial charge in [-0.2, -0.15) is 5.10 Å². The number of amides is 1. The van der Waals surface area contributed by atoms with Gasteiger partial charge in [-0.1, -0.05) is 24.3 Å². The third kappa shape index (κ3) is 4.27. The van der Waals surface area contributed by atoms with Crippen LogP contribution in [0.15, 0.2) is 67.0 Å². The molecule has 3 aromatic rings. The van der Waals surface area contributed by atoms with Crippen molar-refractivity contribution >= 4 is 11.9 Å². The fraction of sp³-hybridized carbons (Fsp3) is 0.105. The Balaban J connectivity index is 1.63. The van der Waals surface area contributed by atoms with Crippen molar-refractivity contribution in [3.63, 3.8) is 0 Å². The average Bonchev–Trinajstić information content (AvgIpc) is 3.20. The number of nitrogens with two attached hydrogens (primary N) is 1. The molecule has 0 atom stereocenters. The van der Waals surface area contributed by atoms with E-state index in [9.17, 15) is 9.59 Å². The van der Waals surface area contributed by atoms with Gasteiger partial charge in [-0.3, -0.25) is 4.79 Å². The van der Waals surface area contributed by atoms with E-state index in [1.165, 1.54) is 0 Å². The highest BCUT2D eigenvalue weighted by atomic mass is 16.5. The Kier molecular flexibility index (Phi) is 5.28. The second-order valence-corrected chi connectivity index (χ2v) is 5.44. The molecule has 26 heavy (non-hydrogen) atoms. The highest BCUT2D eigenvalue weighted by Crippen LogP contribution is 2.19. The molecule has 2 aromatic carbocycles. The standard InChI is InChI=1S/C19H17N3O4/c20-18(23)13-25-17-5-2-1-4-16(17)19(24)26-12-14-6-8-15(9-7-14)22-11-3-10-21-22/h1-11H,12-13H2,(H2,20,23). The Morgan fingerprint density at radius 2 is 1.81 bits per heavy atom. The van der Waals surface area contributed by atoms with E-state index in [2.05, 4.69) is 5.10 Å². The van der Waals surface area contributed by atoms with E-state index < -0.39 is 11.9 Å². The Bertz CT molecular complexity index is 889. The number of esters is 1. The first-order valence-corrected chi connectivity index (χ1v) is 7.90. The van der Waals surface area contributed by atoms with Crippen molar-refractivity contribution in [2.45, 2.75) is 6.61 Å². The van der Waals surface area contributed by atoms with Crippen molar-refractivity contribution in [2.24, 2.45) is 5.73 Å². The van der Waals surface area contributed by atoms with Crippen LogP contribution in [0.5, 0.6) is 5.75 Å². The lowest BCUT2D eigenvalue weighted by Gasteiger charge is -2.10. The van der Waals surface area contributed by atoms with Crippen LogP contribution in [0.2, 0.25) is 0 Å². The van der Waals surface area contributed by atoms with Gasteiger partial charge in [0.15, 0.2) is 6.61 Å². The Morgan fingerprint density at radius 3 is 2.50 bits per heavy atom. The minimum Gasteiger partial charge on any atom is -0.483 e. The molecule has 132 valence electrons. The molecular weight excluding hydrogens is 334 g/mol. The number of benzene rings is 2. The fourth-order valence-electron chi connectivity index (χ4n) is 2.30. The van der Waals surface area contributed by atoms with Gasteiger partial charge in [-0.15, -0.1) is 0 Å². The van der Waals surface area contributed by atoms with Crippen molar-refractivity contribution in [2.75, 3.05) is 6.61 Å². The minimum absolute atomic E-state index is 0.113. The molecule has 0 fully saturated rings. The SMILES string of the molecule is NC(=O)COc1ccccc1C(=O)OCc1ccc(-n2cccn2)cc1. The number of rotatable bonds is 7. The first-order chi connectivity index (χ1) is 12.6. The largest absolute Gasteiger partial charge is 0.483 e.